The van der Waals surface area contributed by atoms with Crippen molar-refractivity contribution >= 4 is 29.2 Å². The molecule has 1 atom stereocenters. The van der Waals surface area contributed by atoms with Crippen LogP contribution in [-0.4, -0.2) is 30.2 Å². The number of hydrogen-bond donors (Lipinski definition) is 1. The van der Waals surface area contributed by atoms with Gasteiger partial charge in [-0.1, -0.05) is 17.7 Å². The van der Waals surface area contributed by atoms with E-state index in [0.717, 1.165) is 11.6 Å². The number of benzene rings is 2. The number of carbonyl (C=O) groups excluding carboxylic acids is 2. The van der Waals surface area contributed by atoms with E-state index in [1.165, 1.54) is 12.1 Å². The monoisotopic (exact) mass is 406 g/mol. The second kappa shape index (κ2) is 8.13. The lowest BCUT2D eigenvalue weighted by Crippen LogP contribution is -2.31. The van der Waals surface area contributed by atoms with E-state index in [-0.39, 0.29) is 29.1 Å². The Morgan fingerprint density at radius 2 is 2.00 bits per heavy atom. The first-order valence-corrected chi connectivity index (χ1v) is 8.53. The number of nitro benzene ring substituents is 1. The number of amides is 1. The molecule has 1 aliphatic heterocycles. The standard InChI is InChI=1S/C18H15ClN2O7/c1-10(11-2-5-15-16(6-11)28-9-27-15)20-17(22)8-26-18(23)13-7-12(21(24)25)3-4-14(13)19/h2-7,10H,8-9H2,1H3,(H,20,22)/t10-/m1/s1. The minimum Gasteiger partial charge on any atom is -0.454 e. The fourth-order valence-electron chi connectivity index (χ4n) is 2.54. The van der Waals surface area contributed by atoms with Gasteiger partial charge in [-0.3, -0.25) is 14.9 Å². The number of fused-ring (bicyclic) bond motifs is 1. The molecule has 1 N–H and O–H groups in total. The lowest BCUT2D eigenvalue weighted by molar-refractivity contribution is -0.384. The molecule has 1 amide bonds. The molecule has 146 valence electrons. The van der Waals surface area contributed by atoms with Gasteiger partial charge in [-0.05, 0) is 30.7 Å². The number of hydrogen-bond acceptors (Lipinski definition) is 7. The summed E-state index contributed by atoms with van der Waals surface area (Å²) in [6.45, 7) is 1.34. The van der Waals surface area contributed by atoms with Crippen LogP contribution in [0.4, 0.5) is 5.69 Å². The molecule has 2 aromatic rings. The van der Waals surface area contributed by atoms with E-state index in [9.17, 15) is 19.7 Å². The van der Waals surface area contributed by atoms with Crippen molar-refractivity contribution in [3.05, 3.63) is 62.7 Å². The van der Waals surface area contributed by atoms with Crippen LogP contribution in [0.25, 0.3) is 0 Å². The second-order valence-electron chi connectivity index (χ2n) is 5.90. The lowest BCUT2D eigenvalue weighted by Gasteiger charge is -2.15. The van der Waals surface area contributed by atoms with Crippen LogP contribution in [0.1, 0.15) is 28.9 Å². The molecule has 0 saturated carbocycles. The Morgan fingerprint density at radius 3 is 2.75 bits per heavy atom. The van der Waals surface area contributed by atoms with Gasteiger partial charge >= 0.3 is 5.97 Å². The quantitative estimate of drug-likeness (QED) is 0.445. The van der Waals surface area contributed by atoms with Gasteiger partial charge in [0.2, 0.25) is 6.79 Å². The van der Waals surface area contributed by atoms with Crippen molar-refractivity contribution in [1.82, 2.24) is 5.32 Å². The van der Waals surface area contributed by atoms with E-state index in [2.05, 4.69) is 5.32 Å². The van der Waals surface area contributed by atoms with Gasteiger partial charge < -0.3 is 19.5 Å². The summed E-state index contributed by atoms with van der Waals surface area (Å²) < 4.78 is 15.4. The normalized spacial score (nSPS) is 12.9. The Morgan fingerprint density at radius 1 is 1.25 bits per heavy atom. The average Bonchev–Trinajstić information content (AvgIpc) is 3.14. The first kappa shape index (κ1) is 19.4. The van der Waals surface area contributed by atoms with E-state index >= 15 is 0 Å². The minimum absolute atomic E-state index is 0.00950. The number of nitrogens with one attached hydrogen (secondary N) is 1. The van der Waals surface area contributed by atoms with E-state index < -0.39 is 23.4 Å². The highest BCUT2D eigenvalue weighted by Gasteiger charge is 2.20. The predicted octanol–water partition coefficient (Wildman–Crippen LogP) is 3.01. The molecule has 0 radical (unpaired) electrons. The number of nitro groups is 1. The van der Waals surface area contributed by atoms with Crippen molar-refractivity contribution in [2.45, 2.75) is 13.0 Å². The topological polar surface area (TPSA) is 117 Å². The molecule has 28 heavy (non-hydrogen) atoms. The summed E-state index contributed by atoms with van der Waals surface area (Å²) in [5, 5.41) is 13.5. The number of rotatable bonds is 6. The summed E-state index contributed by atoms with van der Waals surface area (Å²) in [7, 11) is 0. The third-order valence-corrected chi connectivity index (χ3v) is 4.32. The molecule has 0 spiro atoms. The zero-order valence-corrected chi connectivity index (χ0v) is 15.4. The van der Waals surface area contributed by atoms with E-state index in [1.807, 2.05) is 0 Å². The maximum absolute atomic E-state index is 12.1. The molecule has 0 bridgehead atoms. The third kappa shape index (κ3) is 4.32. The van der Waals surface area contributed by atoms with Gasteiger partial charge in [-0.15, -0.1) is 0 Å². The van der Waals surface area contributed by atoms with Crippen LogP contribution in [0, 0.1) is 10.1 Å². The van der Waals surface area contributed by atoms with Gasteiger partial charge in [0.15, 0.2) is 18.1 Å². The molecule has 3 rings (SSSR count). The Labute approximate surface area is 164 Å². The molecule has 0 fully saturated rings. The largest absolute Gasteiger partial charge is 0.454 e. The fraction of sp³-hybridized carbons (Fsp3) is 0.222. The summed E-state index contributed by atoms with van der Waals surface area (Å²) in [4.78, 5) is 34.3. The summed E-state index contributed by atoms with van der Waals surface area (Å²) in [6.07, 6.45) is 0. The Hall–Kier alpha value is -3.33. The van der Waals surface area contributed by atoms with Crippen LogP contribution in [0.15, 0.2) is 36.4 Å². The SMILES string of the molecule is C[C@@H](NC(=O)COC(=O)c1cc([N+](=O)[O-])ccc1Cl)c1ccc2c(c1)OCO2. The van der Waals surface area contributed by atoms with Crippen LogP contribution < -0.4 is 14.8 Å². The summed E-state index contributed by atoms with van der Waals surface area (Å²) in [6, 6.07) is 8.29. The zero-order valence-electron chi connectivity index (χ0n) is 14.6. The van der Waals surface area contributed by atoms with Crippen molar-refractivity contribution in [1.29, 1.82) is 0 Å². The summed E-state index contributed by atoms with van der Waals surface area (Å²) >= 11 is 5.88. The molecule has 10 heteroatoms. The number of halogens is 1. The number of carbonyl (C=O) groups is 2. The van der Waals surface area contributed by atoms with Gasteiger partial charge in [0.1, 0.15) is 0 Å². The number of esters is 1. The summed E-state index contributed by atoms with van der Waals surface area (Å²) in [5.41, 5.74) is 0.287. The van der Waals surface area contributed by atoms with Gasteiger partial charge in [0.25, 0.3) is 11.6 Å². The van der Waals surface area contributed by atoms with E-state index in [1.54, 1.807) is 25.1 Å². The highest BCUT2D eigenvalue weighted by atomic mass is 35.5. The van der Waals surface area contributed by atoms with Crippen molar-refractivity contribution in [3.63, 3.8) is 0 Å². The molecule has 0 unspecified atom stereocenters. The van der Waals surface area contributed by atoms with Crippen molar-refractivity contribution in [3.8, 4) is 11.5 Å². The van der Waals surface area contributed by atoms with E-state index in [0.29, 0.717) is 11.5 Å². The number of nitrogens with zero attached hydrogens (tertiary/aromatic N) is 1. The molecule has 1 aliphatic rings. The fourth-order valence-corrected chi connectivity index (χ4v) is 2.74. The first-order chi connectivity index (χ1) is 13.3. The molecular formula is C18H15ClN2O7. The lowest BCUT2D eigenvalue weighted by atomic mass is 10.1. The maximum Gasteiger partial charge on any atom is 0.340 e. The third-order valence-electron chi connectivity index (χ3n) is 3.99. The highest BCUT2D eigenvalue weighted by molar-refractivity contribution is 6.33. The van der Waals surface area contributed by atoms with Crippen LogP contribution in [-0.2, 0) is 9.53 Å². The second-order valence-corrected chi connectivity index (χ2v) is 6.31. The Kier molecular flexibility index (Phi) is 5.65. The molecule has 0 aliphatic carbocycles. The van der Waals surface area contributed by atoms with Crippen LogP contribution in [0.3, 0.4) is 0 Å². The van der Waals surface area contributed by atoms with E-state index in [4.69, 9.17) is 25.8 Å². The van der Waals surface area contributed by atoms with Gasteiger partial charge in [-0.25, -0.2) is 4.79 Å². The van der Waals surface area contributed by atoms with Crippen LogP contribution in [0.5, 0.6) is 11.5 Å². The minimum atomic E-state index is -0.931. The maximum atomic E-state index is 12.1. The van der Waals surface area contributed by atoms with Gasteiger partial charge in [-0.2, -0.15) is 0 Å². The van der Waals surface area contributed by atoms with Crippen LogP contribution >= 0.6 is 11.6 Å². The highest BCUT2D eigenvalue weighted by Crippen LogP contribution is 2.34. The molecule has 9 nitrogen and oxygen atoms in total. The number of non-ortho nitro benzene ring substituents is 1. The van der Waals surface area contributed by atoms with Crippen molar-refractivity contribution in [2.75, 3.05) is 13.4 Å². The molecule has 0 saturated heterocycles. The molecular weight excluding hydrogens is 392 g/mol. The van der Waals surface area contributed by atoms with Crippen LogP contribution in [0.2, 0.25) is 5.02 Å². The summed E-state index contributed by atoms with van der Waals surface area (Å²) in [5.74, 6) is -0.255. The van der Waals surface area contributed by atoms with Crippen molar-refractivity contribution in [2.24, 2.45) is 0 Å². The number of ether oxygens (including phenoxy) is 3. The van der Waals surface area contributed by atoms with Crippen molar-refractivity contribution < 1.29 is 28.7 Å². The average molecular weight is 407 g/mol. The Bertz CT molecular complexity index is 948. The predicted molar refractivity (Wildman–Crippen MR) is 97.5 cm³/mol. The molecule has 1 heterocycles. The van der Waals surface area contributed by atoms with Gasteiger partial charge in [0, 0.05) is 12.1 Å². The Balaban J connectivity index is 1.57. The van der Waals surface area contributed by atoms with Gasteiger partial charge in [0.05, 0.1) is 21.6 Å². The molecule has 0 aromatic heterocycles. The first-order valence-electron chi connectivity index (χ1n) is 8.15. The zero-order chi connectivity index (χ0) is 20.3. The molecule has 2 aromatic carbocycles. The smallest absolute Gasteiger partial charge is 0.340 e.